The van der Waals surface area contributed by atoms with Crippen LogP contribution in [-0.4, -0.2) is 51.5 Å². The van der Waals surface area contributed by atoms with Crippen molar-refractivity contribution in [2.75, 3.05) is 7.11 Å². The Bertz CT molecular complexity index is 833. The van der Waals surface area contributed by atoms with E-state index in [2.05, 4.69) is 10.3 Å². The summed E-state index contributed by atoms with van der Waals surface area (Å²) in [4.78, 5) is 0. The maximum Gasteiger partial charge on any atom is 0.191 e. The quantitative estimate of drug-likeness (QED) is 0.870. The Morgan fingerprint density at radius 1 is 1.24 bits per heavy atom. The van der Waals surface area contributed by atoms with Gasteiger partial charge < -0.3 is 24.1 Å². The molecule has 25 heavy (non-hydrogen) atoms. The molecule has 0 unspecified atom stereocenters. The molecule has 0 radical (unpaired) electrons. The van der Waals surface area contributed by atoms with E-state index in [0.29, 0.717) is 17.9 Å². The van der Waals surface area contributed by atoms with Gasteiger partial charge >= 0.3 is 0 Å². The van der Waals surface area contributed by atoms with Gasteiger partial charge in [-0.05, 0) is 38.1 Å². The van der Waals surface area contributed by atoms with Gasteiger partial charge in [0.05, 0.1) is 13.7 Å². The van der Waals surface area contributed by atoms with Gasteiger partial charge in [0.2, 0.25) is 0 Å². The van der Waals surface area contributed by atoms with Crippen LogP contribution in [0.3, 0.4) is 0 Å². The first-order chi connectivity index (χ1) is 11.9. The van der Waals surface area contributed by atoms with Crippen LogP contribution in [0.1, 0.15) is 19.5 Å². The molecule has 1 N–H and O–H groups in total. The van der Waals surface area contributed by atoms with Crippen LogP contribution < -0.4 is 4.74 Å². The second kappa shape index (κ2) is 4.79. The number of ether oxygens (including phenoxy) is 4. The van der Waals surface area contributed by atoms with E-state index >= 15 is 0 Å². The molecule has 2 fully saturated rings. The largest absolute Gasteiger partial charge is 0.497 e. The lowest BCUT2D eigenvalue weighted by Gasteiger charge is -2.28. The lowest BCUT2D eigenvalue weighted by Crippen LogP contribution is -2.44. The minimum absolute atomic E-state index is 0.412. The van der Waals surface area contributed by atoms with Gasteiger partial charge in [-0.3, -0.25) is 0 Å². The molecule has 5 rings (SSSR count). The molecule has 0 amide bonds. The van der Waals surface area contributed by atoms with Gasteiger partial charge in [0, 0.05) is 5.56 Å². The fraction of sp³-hybridized carbons (Fsp3) is 0.529. The number of nitrogens with zero attached hydrogens (tertiary/aromatic N) is 3. The van der Waals surface area contributed by atoms with Crippen LogP contribution in [0.4, 0.5) is 0 Å². The average Bonchev–Trinajstić information content (AvgIpc) is 3.26. The molecular weight excluding hydrogens is 326 g/mol. The molecule has 8 nitrogen and oxygen atoms in total. The van der Waals surface area contributed by atoms with E-state index in [4.69, 9.17) is 18.9 Å². The Morgan fingerprint density at radius 3 is 2.72 bits per heavy atom. The van der Waals surface area contributed by atoms with Crippen LogP contribution in [0.25, 0.3) is 11.3 Å². The zero-order valence-corrected chi connectivity index (χ0v) is 14.2. The van der Waals surface area contributed by atoms with E-state index in [1.54, 1.807) is 11.8 Å². The van der Waals surface area contributed by atoms with Crippen molar-refractivity contribution in [2.45, 2.75) is 50.3 Å². The molecule has 8 heteroatoms. The number of hydrogen-bond donors (Lipinski definition) is 1. The summed E-state index contributed by atoms with van der Waals surface area (Å²) in [6.45, 7) is 4.03. The molecule has 2 aromatic rings. The summed E-state index contributed by atoms with van der Waals surface area (Å²) in [5.41, 5.74) is 0.719. The maximum absolute atomic E-state index is 11.6. The highest BCUT2D eigenvalue weighted by atomic mass is 16.8. The topological polar surface area (TPSA) is 87.9 Å². The highest BCUT2D eigenvalue weighted by Gasteiger charge is 2.68. The minimum Gasteiger partial charge on any atom is -0.497 e. The van der Waals surface area contributed by atoms with Crippen LogP contribution in [0.5, 0.6) is 5.75 Å². The Hall–Kier alpha value is -2.00. The molecular formula is C17H19N3O5. The summed E-state index contributed by atoms with van der Waals surface area (Å²) in [7, 11) is 1.62. The maximum atomic E-state index is 11.6. The molecule has 132 valence electrons. The standard InChI is InChI=1S/C17H19N3O5/c1-16(2)24-14-15(25-16)23-11-8-20-13(17(11,14)21)12(18-19-20)9-4-6-10(22-3)7-5-9/h4-7,11,14-15,21H,8H2,1-3H3/t11-,14+,15-,17+/m1/s1. The third-order valence-electron chi connectivity index (χ3n) is 5.10. The van der Waals surface area contributed by atoms with Crippen LogP contribution >= 0.6 is 0 Å². The molecule has 2 saturated heterocycles. The molecule has 0 spiro atoms. The van der Waals surface area contributed by atoms with E-state index in [1.165, 1.54) is 0 Å². The summed E-state index contributed by atoms with van der Waals surface area (Å²) in [5, 5.41) is 20.0. The number of fused-ring (bicyclic) bond motifs is 5. The van der Waals surface area contributed by atoms with Crippen molar-refractivity contribution in [3.63, 3.8) is 0 Å². The second-order valence-electron chi connectivity index (χ2n) is 7.07. The van der Waals surface area contributed by atoms with Crippen molar-refractivity contribution in [3.8, 4) is 17.0 Å². The smallest absolute Gasteiger partial charge is 0.191 e. The number of benzene rings is 1. The van der Waals surface area contributed by atoms with Gasteiger partial charge in [0.25, 0.3) is 0 Å². The Morgan fingerprint density at radius 2 is 2.00 bits per heavy atom. The van der Waals surface area contributed by atoms with Crippen LogP contribution in [0, 0.1) is 0 Å². The Balaban J connectivity index is 1.60. The highest BCUT2D eigenvalue weighted by molar-refractivity contribution is 5.64. The predicted molar refractivity (Wildman–Crippen MR) is 84.6 cm³/mol. The third kappa shape index (κ3) is 1.96. The van der Waals surface area contributed by atoms with Crippen molar-refractivity contribution >= 4 is 0 Å². The second-order valence-corrected chi connectivity index (χ2v) is 7.07. The Kier molecular flexibility index (Phi) is 2.93. The van der Waals surface area contributed by atoms with Crippen molar-refractivity contribution in [1.29, 1.82) is 0 Å². The number of hydrogen-bond acceptors (Lipinski definition) is 7. The van der Waals surface area contributed by atoms with Crippen molar-refractivity contribution in [1.82, 2.24) is 15.0 Å². The summed E-state index contributed by atoms with van der Waals surface area (Å²) >= 11 is 0. The number of aliphatic hydroxyl groups is 1. The van der Waals surface area contributed by atoms with E-state index in [-0.39, 0.29) is 0 Å². The lowest BCUT2D eigenvalue weighted by molar-refractivity contribution is -0.228. The summed E-state index contributed by atoms with van der Waals surface area (Å²) < 4.78 is 24.5. The van der Waals surface area contributed by atoms with Crippen molar-refractivity contribution in [3.05, 3.63) is 30.0 Å². The molecule has 1 aromatic carbocycles. The van der Waals surface area contributed by atoms with Crippen molar-refractivity contribution in [2.24, 2.45) is 0 Å². The molecule has 4 atom stereocenters. The molecule has 0 saturated carbocycles. The monoisotopic (exact) mass is 345 g/mol. The molecule has 1 aromatic heterocycles. The first-order valence-electron chi connectivity index (χ1n) is 8.24. The fourth-order valence-electron chi connectivity index (χ4n) is 3.98. The zero-order chi connectivity index (χ0) is 17.4. The van der Waals surface area contributed by atoms with Crippen LogP contribution in [0.2, 0.25) is 0 Å². The Labute approximate surface area is 144 Å². The molecule has 0 aliphatic carbocycles. The van der Waals surface area contributed by atoms with Gasteiger partial charge in [-0.2, -0.15) is 0 Å². The van der Waals surface area contributed by atoms with Crippen LogP contribution in [0.15, 0.2) is 24.3 Å². The minimum atomic E-state index is -1.35. The van der Waals surface area contributed by atoms with Gasteiger partial charge in [-0.25, -0.2) is 4.68 Å². The van der Waals surface area contributed by atoms with Gasteiger partial charge in [-0.15, -0.1) is 5.10 Å². The van der Waals surface area contributed by atoms with E-state index in [9.17, 15) is 5.11 Å². The molecule has 4 heterocycles. The van der Waals surface area contributed by atoms with Crippen LogP contribution in [-0.2, 0) is 26.4 Å². The van der Waals surface area contributed by atoms with Crippen molar-refractivity contribution < 1.29 is 24.1 Å². The first kappa shape index (κ1) is 15.3. The highest BCUT2D eigenvalue weighted by Crippen LogP contribution is 2.53. The predicted octanol–water partition coefficient (Wildman–Crippen LogP) is 1.03. The fourth-order valence-corrected chi connectivity index (χ4v) is 3.98. The average molecular weight is 345 g/mol. The number of methoxy groups -OCH3 is 1. The SMILES string of the molecule is COc1ccc(-c2nnn3c2[C@@]2(O)[C@@H](C3)O[C@@H]3OC(C)(C)O[C@@H]32)cc1. The number of rotatable bonds is 2. The normalized spacial score (nSPS) is 34.6. The van der Waals surface area contributed by atoms with Gasteiger partial charge in [0.1, 0.15) is 29.3 Å². The zero-order valence-electron chi connectivity index (χ0n) is 14.2. The van der Waals surface area contributed by atoms with Gasteiger partial charge in [0.15, 0.2) is 17.7 Å². The third-order valence-corrected chi connectivity index (χ3v) is 5.10. The summed E-state index contributed by atoms with van der Waals surface area (Å²) in [6.07, 6.45) is -1.69. The molecule has 3 aliphatic heterocycles. The number of aromatic nitrogens is 3. The van der Waals surface area contributed by atoms with E-state index < -0.39 is 29.9 Å². The van der Waals surface area contributed by atoms with E-state index in [1.807, 2.05) is 38.1 Å². The first-order valence-corrected chi connectivity index (χ1v) is 8.24. The summed E-state index contributed by atoms with van der Waals surface area (Å²) in [5.74, 6) is -0.0559. The molecule has 0 bridgehead atoms. The summed E-state index contributed by atoms with van der Waals surface area (Å²) in [6, 6.07) is 7.49. The molecule has 3 aliphatic rings. The lowest BCUT2D eigenvalue weighted by atomic mass is 9.89. The van der Waals surface area contributed by atoms with Gasteiger partial charge in [-0.1, -0.05) is 5.21 Å². The van der Waals surface area contributed by atoms with E-state index in [0.717, 1.165) is 11.3 Å².